The highest BCUT2D eigenvalue weighted by molar-refractivity contribution is 14.1. The molecule has 0 bridgehead atoms. The van der Waals surface area contributed by atoms with Gasteiger partial charge in [0.05, 0.1) is 5.69 Å². The molecule has 0 aliphatic heterocycles. The van der Waals surface area contributed by atoms with Gasteiger partial charge < -0.3 is 5.32 Å². The second-order valence-corrected chi connectivity index (χ2v) is 6.85. The van der Waals surface area contributed by atoms with E-state index in [1.54, 1.807) is 11.8 Å². The molecule has 0 aliphatic carbocycles. The molecule has 110 valence electrons. The first kappa shape index (κ1) is 16.3. The zero-order valence-electron chi connectivity index (χ0n) is 11.6. The van der Waals surface area contributed by atoms with E-state index in [0.717, 1.165) is 32.9 Å². The van der Waals surface area contributed by atoms with Crippen molar-refractivity contribution in [2.45, 2.75) is 12.8 Å². The Kier molecular flexibility index (Phi) is 7.02. The molecule has 1 N–H and O–H groups in total. The molecule has 0 fully saturated rings. The van der Waals surface area contributed by atoms with Crippen molar-refractivity contribution in [3.63, 3.8) is 0 Å². The first-order valence-electron chi connectivity index (χ1n) is 6.78. The van der Waals surface area contributed by atoms with E-state index in [-0.39, 0.29) is 5.91 Å². The predicted octanol–water partition coefficient (Wildman–Crippen LogP) is 3.99. The number of thioether (sulfide) groups is 1. The van der Waals surface area contributed by atoms with E-state index in [2.05, 4.69) is 32.9 Å². The molecule has 0 unspecified atom stereocenters. The molecule has 3 nitrogen and oxygen atoms in total. The molecule has 0 spiro atoms. The number of pyridine rings is 1. The van der Waals surface area contributed by atoms with Crippen molar-refractivity contribution >= 4 is 45.9 Å². The molecule has 2 aromatic rings. The second kappa shape index (κ2) is 9.04. The van der Waals surface area contributed by atoms with Gasteiger partial charge in [0.2, 0.25) is 5.91 Å². The van der Waals surface area contributed by atoms with Crippen LogP contribution in [0.5, 0.6) is 0 Å². The maximum atomic E-state index is 11.9. The van der Waals surface area contributed by atoms with Crippen LogP contribution in [0.1, 0.15) is 12.1 Å². The molecule has 0 aliphatic rings. The summed E-state index contributed by atoms with van der Waals surface area (Å²) in [6.07, 6.45) is 3.30. The number of aryl methyl sites for hydroxylation is 1. The van der Waals surface area contributed by atoms with Gasteiger partial charge in [-0.2, -0.15) is 11.8 Å². The number of aromatic nitrogens is 1. The van der Waals surface area contributed by atoms with E-state index in [1.165, 1.54) is 0 Å². The van der Waals surface area contributed by atoms with E-state index in [4.69, 9.17) is 0 Å². The molecule has 1 amide bonds. The van der Waals surface area contributed by atoms with Gasteiger partial charge in [0.25, 0.3) is 0 Å². The van der Waals surface area contributed by atoms with Crippen molar-refractivity contribution in [2.24, 2.45) is 0 Å². The fourth-order valence-corrected chi connectivity index (χ4v) is 3.17. The normalized spacial score (nSPS) is 10.3. The summed E-state index contributed by atoms with van der Waals surface area (Å²) in [5, 5.41) is 2.95. The van der Waals surface area contributed by atoms with Gasteiger partial charge in [0.1, 0.15) is 0 Å². The summed E-state index contributed by atoms with van der Waals surface area (Å²) in [6, 6.07) is 13.8. The fraction of sp³-hybridized carbons (Fsp3) is 0.250. The summed E-state index contributed by atoms with van der Waals surface area (Å²) >= 11 is 4.01. The molecule has 1 heterocycles. The molecular weight excluding hydrogens is 395 g/mol. The van der Waals surface area contributed by atoms with Crippen LogP contribution >= 0.6 is 34.4 Å². The highest BCUT2D eigenvalue weighted by Gasteiger charge is 2.04. The number of carbonyl (C=O) groups is 1. The lowest BCUT2D eigenvalue weighted by Gasteiger charge is -2.07. The number of nitrogens with zero attached hydrogens (tertiary/aromatic N) is 1. The van der Waals surface area contributed by atoms with E-state index in [9.17, 15) is 4.79 Å². The number of amides is 1. The van der Waals surface area contributed by atoms with Crippen molar-refractivity contribution in [3.05, 3.63) is 57.9 Å². The average Bonchev–Trinajstić information content (AvgIpc) is 2.50. The van der Waals surface area contributed by atoms with Crippen LogP contribution in [0.4, 0.5) is 5.69 Å². The maximum Gasteiger partial charge on any atom is 0.225 e. The van der Waals surface area contributed by atoms with Crippen LogP contribution in [0.2, 0.25) is 0 Å². The van der Waals surface area contributed by atoms with Gasteiger partial charge >= 0.3 is 0 Å². The lowest BCUT2D eigenvalue weighted by atomic mass is 10.3. The van der Waals surface area contributed by atoms with Crippen LogP contribution in [0, 0.1) is 3.57 Å². The van der Waals surface area contributed by atoms with Crippen molar-refractivity contribution in [1.82, 2.24) is 4.98 Å². The largest absolute Gasteiger partial charge is 0.325 e. The number of nitrogens with one attached hydrogen (secondary N) is 1. The Morgan fingerprint density at radius 3 is 2.71 bits per heavy atom. The molecule has 0 atom stereocenters. The van der Waals surface area contributed by atoms with Crippen molar-refractivity contribution in [3.8, 4) is 0 Å². The summed E-state index contributed by atoms with van der Waals surface area (Å²) in [4.78, 5) is 16.1. The van der Waals surface area contributed by atoms with Crippen LogP contribution in [0.15, 0.2) is 48.7 Å². The number of carbonyl (C=O) groups excluding carboxylic acids is 1. The van der Waals surface area contributed by atoms with Gasteiger partial charge in [-0.05, 0) is 59.0 Å². The Morgan fingerprint density at radius 2 is 1.95 bits per heavy atom. The summed E-state index contributed by atoms with van der Waals surface area (Å²) in [5.41, 5.74) is 2.00. The minimum absolute atomic E-state index is 0.0736. The molecule has 2 rings (SSSR count). The third-order valence-electron chi connectivity index (χ3n) is 2.85. The lowest BCUT2D eigenvalue weighted by molar-refractivity contribution is -0.115. The minimum atomic E-state index is 0.0736. The van der Waals surface area contributed by atoms with Gasteiger partial charge in [-0.3, -0.25) is 9.78 Å². The summed E-state index contributed by atoms with van der Waals surface area (Å²) in [6.45, 7) is 0. The molecule has 5 heteroatoms. The average molecular weight is 412 g/mol. The zero-order chi connectivity index (χ0) is 14.9. The van der Waals surface area contributed by atoms with Gasteiger partial charge in [0.15, 0.2) is 0 Å². The molecule has 0 saturated heterocycles. The van der Waals surface area contributed by atoms with Crippen LogP contribution in [0.3, 0.4) is 0 Å². The smallest absolute Gasteiger partial charge is 0.225 e. The van der Waals surface area contributed by atoms with E-state index >= 15 is 0 Å². The minimum Gasteiger partial charge on any atom is -0.325 e. The molecular formula is C16H17IN2OS. The number of hydrogen-bond acceptors (Lipinski definition) is 3. The third kappa shape index (κ3) is 6.05. The number of halogens is 1. The summed E-state index contributed by atoms with van der Waals surface area (Å²) < 4.78 is 1.06. The number of benzene rings is 1. The van der Waals surface area contributed by atoms with Gasteiger partial charge in [-0.1, -0.05) is 18.2 Å². The quantitative estimate of drug-likeness (QED) is 0.553. The standard InChI is InChI=1S/C16H17IN2OS/c17-14-6-1-2-7-15(14)19-16(20)9-12-21-11-8-13-5-3-4-10-18-13/h1-7,10H,8-9,11-12H2,(H,19,20). The Hall–Kier alpha value is -1.08. The Morgan fingerprint density at radius 1 is 1.14 bits per heavy atom. The lowest BCUT2D eigenvalue weighted by Crippen LogP contribution is -2.13. The van der Waals surface area contributed by atoms with Crippen molar-refractivity contribution < 1.29 is 4.79 Å². The van der Waals surface area contributed by atoms with Gasteiger partial charge in [-0.25, -0.2) is 0 Å². The van der Waals surface area contributed by atoms with Crippen molar-refractivity contribution in [2.75, 3.05) is 16.8 Å². The monoisotopic (exact) mass is 412 g/mol. The van der Waals surface area contributed by atoms with Crippen molar-refractivity contribution in [1.29, 1.82) is 0 Å². The number of hydrogen-bond donors (Lipinski definition) is 1. The molecule has 0 saturated carbocycles. The van der Waals surface area contributed by atoms with E-state index < -0.39 is 0 Å². The number of rotatable bonds is 7. The zero-order valence-corrected chi connectivity index (χ0v) is 14.6. The Bertz CT molecular complexity index is 577. The molecule has 1 aromatic heterocycles. The molecule has 1 aromatic carbocycles. The first-order valence-corrected chi connectivity index (χ1v) is 9.01. The van der Waals surface area contributed by atoms with E-state index in [0.29, 0.717) is 6.42 Å². The van der Waals surface area contributed by atoms with Crippen LogP contribution in [-0.2, 0) is 11.2 Å². The summed E-state index contributed by atoms with van der Waals surface area (Å²) in [5.74, 6) is 1.90. The topological polar surface area (TPSA) is 42.0 Å². The Labute approximate surface area is 143 Å². The van der Waals surface area contributed by atoms with Crippen LogP contribution in [-0.4, -0.2) is 22.4 Å². The van der Waals surface area contributed by atoms with Gasteiger partial charge in [-0.15, -0.1) is 0 Å². The molecule has 21 heavy (non-hydrogen) atoms. The van der Waals surface area contributed by atoms with Gasteiger partial charge in [0, 0.05) is 27.6 Å². The highest BCUT2D eigenvalue weighted by atomic mass is 127. The number of anilines is 1. The Balaban J connectivity index is 1.63. The third-order valence-corrected chi connectivity index (χ3v) is 4.78. The highest BCUT2D eigenvalue weighted by Crippen LogP contribution is 2.17. The maximum absolute atomic E-state index is 11.9. The molecule has 0 radical (unpaired) electrons. The van der Waals surface area contributed by atoms with Crippen LogP contribution < -0.4 is 5.32 Å². The first-order chi connectivity index (χ1) is 10.3. The van der Waals surface area contributed by atoms with E-state index in [1.807, 2.05) is 48.7 Å². The van der Waals surface area contributed by atoms with Crippen LogP contribution in [0.25, 0.3) is 0 Å². The SMILES string of the molecule is O=C(CCSCCc1ccccn1)Nc1ccccc1I. The second-order valence-electron chi connectivity index (χ2n) is 4.46. The fourth-order valence-electron chi connectivity index (χ4n) is 1.76. The predicted molar refractivity (Wildman–Crippen MR) is 97.7 cm³/mol. The number of para-hydroxylation sites is 1. The summed E-state index contributed by atoms with van der Waals surface area (Å²) in [7, 11) is 0.